The van der Waals surface area contributed by atoms with Crippen molar-refractivity contribution in [3.05, 3.63) is 54.1 Å². The number of para-hydroxylation sites is 1. The van der Waals surface area contributed by atoms with Gasteiger partial charge in [0.1, 0.15) is 0 Å². The van der Waals surface area contributed by atoms with Crippen LogP contribution in [-0.2, 0) is 0 Å². The van der Waals surface area contributed by atoms with Crippen LogP contribution in [0, 0.1) is 0 Å². The number of thioether (sulfide) groups is 1. The summed E-state index contributed by atoms with van der Waals surface area (Å²) < 4.78 is 1.08. The molecule has 0 atom stereocenters. The van der Waals surface area contributed by atoms with E-state index in [0.29, 0.717) is 10.7 Å². The first-order valence-electron chi connectivity index (χ1n) is 7.16. The van der Waals surface area contributed by atoms with Gasteiger partial charge in [-0.3, -0.25) is 10.1 Å². The van der Waals surface area contributed by atoms with Crippen molar-refractivity contribution in [2.75, 3.05) is 11.1 Å². The highest BCUT2D eigenvalue weighted by atomic mass is 32.2. The molecule has 1 N–H and O–H groups in total. The Bertz CT molecular complexity index is 765. The van der Waals surface area contributed by atoms with Gasteiger partial charge in [0.15, 0.2) is 5.13 Å². The topological polar surface area (TPSA) is 42.0 Å². The fraction of sp³-hybridized carbons (Fsp3) is 0.176. The van der Waals surface area contributed by atoms with Crippen molar-refractivity contribution in [2.24, 2.45) is 0 Å². The number of carbonyl (C=O) groups excluding carboxylic acids is 1. The van der Waals surface area contributed by atoms with Crippen LogP contribution in [0.15, 0.2) is 53.4 Å². The summed E-state index contributed by atoms with van der Waals surface area (Å²) in [5.74, 6) is 0.907. The molecule has 3 rings (SSSR count). The second kappa shape index (κ2) is 6.94. The molecule has 0 unspecified atom stereocenters. The molecule has 1 amide bonds. The van der Waals surface area contributed by atoms with Crippen molar-refractivity contribution >= 4 is 44.4 Å². The van der Waals surface area contributed by atoms with Gasteiger partial charge in [-0.1, -0.05) is 42.5 Å². The third kappa shape index (κ3) is 3.31. The number of hydrogen-bond acceptors (Lipinski definition) is 4. The number of nitrogens with one attached hydrogen (secondary N) is 1. The van der Waals surface area contributed by atoms with Crippen molar-refractivity contribution in [1.82, 2.24) is 4.98 Å². The van der Waals surface area contributed by atoms with Crippen molar-refractivity contribution in [2.45, 2.75) is 18.2 Å². The number of hydrogen-bond donors (Lipinski definition) is 1. The highest BCUT2D eigenvalue weighted by Crippen LogP contribution is 2.27. The molecule has 0 fully saturated rings. The lowest BCUT2D eigenvalue weighted by Gasteiger charge is -2.07. The summed E-state index contributed by atoms with van der Waals surface area (Å²) in [7, 11) is 0. The maximum Gasteiger partial charge on any atom is 0.258 e. The van der Waals surface area contributed by atoms with E-state index in [9.17, 15) is 4.79 Å². The van der Waals surface area contributed by atoms with Crippen LogP contribution < -0.4 is 5.32 Å². The Kier molecular flexibility index (Phi) is 4.75. The minimum atomic E-state index is -0.0988. The summed E-state index contributed by atoms with van der Waals surface area (Å²) in [5.41, 5.74) is 1.62. The summed E-state index contributed by atoms with van der Waals surface area (Å²) in [6, 6.07) is 15.6. The van der Waals surface area contributed by atoms with Gasteiger partial charge >= 0.3 is 0 Å². The van der Waals surface area contributed by atoms with Crippen molar-refractivity contribution in [1.29, 1.82) is 0 Å². The second-order valence-corrected chi connectivity index (χ2v) is 6.95. The molecule has 22 heavy (non-hydrogen) atoms. The highest BCUT2D eigenvalue weighted by Gasteiger charge is 2.13. The Balaban J connectivity index is 1.82. The van der Waals surface area contributed by atoms with Crippen LogP contribution in [-0.4, -0.2) is 16.6 Å². The van der Waals surface area contributed by atoms with Crippen LogP contribution in [0.25, 0.3) is 10.2 Å². The molecule has 0 radical (unpaired) electrons. The van der Waals surface area contributed by atoms with E-state index in [4.69, 9.17) is 0 Å². The molecule has 3 nitrogen and oxygen atoms in total. The predicted octanol–water partition coefficient (Wildman–Crippen LogP) is 5.05. The Morgan fingerprint density at radius 3 is 2.77 bits per heavy atom. The molecule has 0 bridgehead atoms. The molecule has 1 heterocycles. The Hall–Kier alpha value is -1.85. The van der Waals surface area contributed by atoms with E-state index in [1.54, 1.807) is 11.8 Å². The number of fused-ring (bicyclic) bond motifs is 1. The zero-order valence-corrected chi connectivity index (χ0v) is 13.8. The van der Waals surface area contributed by atoms with Crippen LogP contribution in [0.4, 0.5) is 5.13 Å². The Morgan fingerprint density at radius 2 is 1.95 bits per heavy atom. The lowest BCUT2D eigenvalue weighted by Crippen LogP contribution is -2.12. The van der Waals surface area contributed by atoms with Crippen molar-refractivity contribution in [3.63, 3.8) is 0 Å². The molecule has 1 aromatic heterocycles. The summed E-state index contributed by atoms with van der Waals surface area (Å²) in [4.78, 5) is 18.0. The van der Waals surface area contributed by atoms with Crippen LogP contribution in [0.1, 0.15) is 23.7 Å². The fourth-order valence-corrected chi connectivity index (χ4v) is 3.86. The molecule has 0 spiro atoms. The van der Waals surface area contributed by atoms with Gasteiger partial charge in [-0.2, -0.15) is 0 Å². The first kappa shape index (κ1) is 15.1. The number of carbonyl (C=O) groups is 1. The predicted molar refractivity (Wildman–Crippen MR) is 95.0 cm³/mol. The average molecular weight is 328 g/mol. The van der Waals surface area contributed by atoms with E-state index in [2.05, 4.69) is 17.2 Å². The van der Waals surface area contributed by atoms with E-state index in [1.165, 1.54) is 11.3 Å². The van der Waals surface area contributed by atoms with Gasteiger partial charge < -0.3 is 0 Å². The molecule has 0 aliphatic heterocycles. The molecule has 2 aromatic carbocycles. The van der Waals surface area contributed by atoms with E-state index in [-0.39, 0.29) is 5.91 Å². The number of anilines is 1. The molecule has 0 saturated carbocycles. The standard InChI is InChI=1S/C17H16N2OS2/c1-2-11-21-14-9-5-3-7-12(14)16(20)19-17-18-13-8-4-6-10-15(13)22-17/h3-10H,2,11H2,1H3,(H,18,19,20). The number of aromatic nitrogens is 1. The first-order chi connectivity index (χ1) is 10.8. The zero-order valence-electron chi connectivity index (χ0n) is 12.2. The van der Waals surface area contributed by atoms with Gasteiger partial charge in [0, 0.05) is 4.90 Å². The molecule has 0 aliphatic rings. The van der Waals surface area contributed by atoms with Gasteiger partial charge in [-0.15, -0.1) is 11.8 Å². The fourth-order valence-electron chi connectivity index (χ4n) is 2.08. The van der Waals surface area contributed by atoms with E-state index in [0.717, 1.165) is 27.3 Å². The number of nitrogens with zero attached hydrogens (tertiary/aromatic N) is 1. The van der Waals surface area contributed by atoms with Crippen LogP contribution >= 0.6 is 23.1 Å². The summed E-state index contributed by atoms with van der Waals surface area (Å²) in [6.07, 6.45) is 1.08. The molecule has 112 valence electrons. The third-order valence-electron chi connectivity index (χ3n) is 3.11. The van der Waals surface area contributed by atoms with Gasteiger partial charge in [-0.25, -0.2) is 4.98 Å². The molecule has 0 aliphatic carbocycles. The summed E-state index contributed by atoms with van der Waals surface area (Å²) in [5, 5.41) is 3.56. The van der Waals surface area contributed by atoms with Crippen molar-refractivity contribution in [3.8, 4) is 0 Å². The summed E-state index contributed by atoms with van der Waals surface area (Å²) in [6.45, 7) is 2.14. The first-order valence-corrected chi connectivity index (χ1v) is 8.97. The smallest absolute Gasteiger partial charge is 0.258 e. The monoisotopic (exact) mass is 328 g/mol. The van der Waals surface area contributed by atoms with E-state index in [1.807, 2.05) is 48.5 Å². The maximum absolute atomic E-state index is 12.5. The quantitative estimate of drug-likeness (QED) is 0.666. The lowest BCUT2D eigenvalue weighted by atomic mass is 10.2. The minimum absolute atomic E-state index is 0.0988. The average Bonchev–Trinajstić information content (AvgIpc) is 2.95. The van der Waals surface area contributed by atoms with Gasteiger partial charge in [0.25, 0.3) is 5.91 Å². The van der Waals surface area contributed by atoms with E-state index < -0.39 is 0 Å². The number of benzene rings is 2. The summed E-state index contributed by atoms with van der Waals surface area (Å²) >= 11 is 3.21. The van der Waals surface area contributed by atoms with Crippen LogP contribution in [0.3, 0.4) is 0 Å². The van der Waals surface area contributed by atoms with E-state index >= 15 is 0 Å². The maximum atomic E-state index is 12.5. The van der Waals surface area contributed by atoms with Crippen LogP contribution in [0.5, 0.6) is 0 Å². The Labute approximate surface area is 137 Å². The Morgan fingerprint density at radius 1 is 1.18 bits per heavy atom. The highest BCUT2D eigenvalue weighted by molar-refractivity contribution is 7.99. The number of rotatable bonds is 5. The number of thiazole rings is 1. The third-order valence-corrected chi connectivity index (χ3v) is 5.34. The minimum Gasteiger partial charge on any atom is -0.298 e. The van der Waals surface area contributed by atoms with Gasteiger partial charge in [0.05, 0.1) is 15.8 Å². The molecular weight excluding hydrogens is 312 g/mol. The largest absolute Gasteiger partial charge is 0.298 e. The molecule has 5 heteroatoms. The molecular formula is C17H16N2OS2. The molecule has 3 aromatic rings. The van der Waals surface area contributed by atoms with Crippen LogP contribution in [0.2, 0.25) is 0 Å². The number of amides is 1. The normalized spacial score (nSPS) is 10.8. The van der Waals surface area contributed by atoms with Crippen molar-refractivity contribution < 1.29 is 4.79 Å². The van der Waals surface area contributed by atoms with Gasteiger partial charge in [0.2, 0.25) is 0 Å². The zero-order chi connectivity index (χ0) is 15.4. The SMILES string of the molecule is CCCSc1ccccc1C(=O)Nc1nc2ccccc2s1. The lowest BCUT2D eigenvalue weighted by molar-refractivity contribution is 0.102. The molecule has 0 saturated heterocycles. The van der Waals surface area contributed by atoms with Gasteiger partial charge in [-0.05, 0) is 36.4 Å². The second-order valence-electron chi connectivity index (χ2n) is 4.79.